The minimum absolute atomic E-state index is 0.284. The zero-order valence-electron chi connectivity index (χ0n) is 16.4. The molecule has 0 aliphatic carbocycles. The number of hydrogen-bond donors (Lipinski definition) is 0. The molecule has 0 unspecified atom stereocenters. The van der Waals surface area contributed by atoms with Gasteiger partial charge in [0.1, 0.15) is 5.75 Å². The first kappa shape index (κ1) is 19.9. The summed E-state index contributed by atoms with van der Waals surface area (Å²) in [5.74, 6) is 1.47. The van der Waals surface area contributed by atoms with Crippen LogP contribution in [-0.4, -0.2) is 82.5 Å². The van der Waals surface area contributed by atoms with Gasteiger partial charge >= 0.3 is 0 Å². The summed E-state index contributed by atoms with van der Waals surface area (Å²) >= 11 is 0. The number of benzene rings is 1. The van der Waals surface area contributed by atoms with E-state index in [2.05, 4.69) is 20.0 Å². The van der Waals surface area contributed by atoms with Gasteiger partial charge in [0, 0.05) is 45.3 Å². The average molecular weight is 420 g/mol. The summed E-state index contributed by atoms with van der Waals surface area (Å²) in [6.07, 6.45) is 1.73. The van der Waals surface area contributed by atoms with Crippen LogP contribution in [0.5, 0.6) is 5.75 Å². The molecule has 0 saturated carbocycles. The first-order valence-electron chi connectivity index (χ1n) is 9.62. The second-order valence-electron chi connectivity index (χ2n) is 6.94. The highest BCUT2D eigenvalue weighted by atomic mass is 32.2. The number of hydrogen-bond acceptors (Lipinski definition) is 8. The van der Waals surface area contributed by atoms with Gasteiger partial charge in [0.05, 0.1) is 37.1 Å². The minimum Gasteiger partial charge on any atom is -0.497 e. The lowest BCUT2D eigenvalue weighted by Gasteiger charge is -2.35. The Morgan fingerprint density at radius 2 is 1.66 bits per heavy atom. The van der Waals surface area contributed by atoms with Crippen molar-refractivity contribution in [1.29, 1.82) is 0 Å². The zero-order valence-corrected chi connectivity index (χ0v) is 17.2. The van der Waals surface area contributed by atoms with Gasteiger partial charge in [0.2, 0.25) is 10.0 Å². The Kier molecular flexibility index (Phi) is 5.84. The number of sulfonamides is 1. The van der Waals surface area contributed by atoms with Crippen molar-refractivity contribution in [2.24, 2.45) is 0 Å². The van der Waals surface area contributed by atoms with Crippen molar-refractivity contribution >= 4 is 21.5 Å². The molecule has 1 aromatic carbocycles. The van der Waals surface area contributed by atoms with E-state index in [9.17, 15) is 8.42 Å². The molecule has 0 bridgehead atoms. The van der Waals surface area contributed by atoms with E-state index in [4.69, 9.17) is 9.47 Å². The summed E-state index contributed by atoms with van der Waals surface area (Å²) in [5.41, 5.74) is 0.961. The number of anilines is 2. The zero-order chi connectivity index (χ0) is 20.3. The van der Waals surface area contributed by atoms with Gasteiger partial charge in [0.15, 0.2) is 5.82 Å². The Labute approximate surface area is 170 Å². The van der Waals surface area contributed by atoms with E-state index < -0.39 is 10.0 Å². The molecule has 2 aromatic rings. The smallest absolute Gasteiger partial charge is 0.243 e. The topological polar surface area (TPSA) is 88.1 Å². The summed E-state index contributed by atoms with van der Waals surface area (Å²) in [5, 5.41) is 8.39. The van der Waals surface area contributed by atoms with Crippen LogP contribution in [0.1, 0.15) is 0 Å². The fourth-order valence-corrected chi connectivity index (χ4v) is 4.97. The van der Waals surface area contributed by atoms with Crippen molar-refractivity contribution in [3.8, 4) is 5.75 Å². The molecule has 0 radical (unpaired) electrons. The van der Waals surface area contributed by atoms with Crippen LogP contribution in [0.15, 0.2) is 41.4 Å². The van der Waals surface area contributed by atoms with Gasteiger partial charge in [-0.2, -0.15) is 9.40 Å². The summed E-state index contributed by atoms with van der Waals surface area (Å²) in [7, 11) is -1.96. The van der Waals surface area contributed by atoms with Crippen molar-refractivity contribution in [3.05, 3.63) is 36.5 Å². The Morgan fingerprint density at radius 1 is 0.966 bits per heavy atom. The Bertz CT molecular complexity index is 924. The molecule has 0 N–H and O–H groups in total. The van der Waals surface area contributed by atoms with Gasteiger partial charge < -0.3 is 19.3 Å². The number of ether oxygens (including phenoxy) is 2. The van der Waals surface area contributed by atoms with Gasteiger partial charge in [0.25, 0.3) is 0 Å². The second-order valence-corrected chi connectivity index (χ2v) is 8.88. The molecule has 156 valence electrons. The Balaban J connectivity index is 1.42. The molecule has 3 heterocycles. The van der Waals surface area contributed by atoms with Gasteiger partial charge in [-0.1, -0.05) is 0 Å². The molecule has 2 aliphatic rings. The third-order valence-electron chi connectivity index (χ3n) is 5.26. The van der Waals surface area contributed by atoms with Crippen LogP contribution in [0.3, 0.4) is 0 Å². The first-order valence-corrected chi connectivity index (χ1v) is 11.1. The number of piperazine rings is 1. The third-order valence-corrected chi connectivity index (χ3v) is 7.18. The lowest BCUT2D eigenvalue weighted by Crippen LogP contribution is -2.48. The quantitative estimate of drug-likeness (QED) is 0.704. The lowest BCUT2D eigenvalue weighted by atomic mass is 10.3. The van der Waals surface area contributed by atoms with Crippen LogP contribution in [0.2, 0.25) is 0 Å². The molecule has 2 saturated heterocycles. The molecular formula is C19H25N5O4S. The molecule has 2 fully saturated rings. The van der Waals surface area contributed by atoms with Crippen molar-refractivity contribution in [3.63, 3.8) is 0 Å². The predicted octanol–water partition coefficient (Wildman–Crippen LogP) is 0.833. The van der Waals surface area contributed by atoms with E-state index in [1.54, 1.807) is 37.6 Å². The highest BCUT2D eigenvalue weighted by Crippen LogP contribution is 2.24. The molecule has 9 nitrogen and oxygen atoms in total. The van der Waals surface area contributed by atoms with Crippen LogP contribution in [0.4, 0.5) is 11.5 Å². The highest BCUT2D eigenvalue weighted by Gasteiger charge is 2.29. The fourth-order valence-electron chi connectivity index (χ4n) is 3.55. The third kappa shape index (κ3) is 4.29. The van der Waals surface area contributed by atoms with E-state index >= 15 is 0 Å². The number of nitrogens with zero attached hydrogens (tertiary/aromatic N) is 5. The fraction of sp³-hybridized carbons (Fsp3) is 0.474. The predicted molar refractivity (Wildman–Crippen MR) is 109 cm³/mol. The maximum Gasteiger partial charge on any atom is 0.243 e. The molecule has 0 amide bonds. The van der Waals surface area contributed by atoms with Crippen LogP contribution in [-0.2, 0) is 14.8 Å². The van der Waals surface area contributed by atoms with E-state index in [0.717, 1.165) is 24.6 Å². The average Bonchev–Trinajstić information content (AvgIpc) is 2.80. The first-order chi connectivity index (χ1) is 14.1. The van der Waals surface area contributed by atoms with E-state index in [-0.39, 0.29) is 4.90 Å². The van der Waals surface area contributed by atoms with Crippen molar-refractivity contribution in [2.75, 3.05) is 69.4 Å². The Morgan fingerprint density at radius 3 is 2.31 bits per heavy atom. The normalized spacial score (nSPS) is 18.7. The molecule has 0 spiro atoms. The molecule has 10 heteroatoms. The maximum atomic E-state index is 12.9. The number of aromatic nitrogens is 2. The standard InChI is InChI=1S/C19H25N5O4S/c1-27-17-2-4-18(5-3-17)29(25,26)24-8-6-22(7-9-24)16-14-19(21-20-15-16)23-10-12-28-13-11-23/h2-5,14-15H,6-13H2,1H3. The number of rotatable bonds is 5. The van der Waals surface area contributed by atoms with Gasteiger partial charge in [-0.15, -0.1) is 5.10 Å². The van der Waals surface area contributed by atoms with E-state index in [0.29, 0.717) is 45.1 Å². The molecular weight excluding hydrogens is 394 g/mol. The molecule has 0 atom stereocenters. The van der Waals surface area contributed by atoms with Gasteiger partial charge in [-0.05, 0) is 24.3 Å². The molecule has 1 aromatic heterocycles. The monoisotopic (exact) mass is 419 g/mol. The van der Waals surface area contributed by atoms with Crippen molar-refractivity contribution in [1.82, 2.24) is 14.5 Å². The van der Waals surface area contributed by atoms with Crippen molar-refractivity contribution in [2.45, 2.75) is 4.90 Å². The van der Waals surface area contributed by atoms with Crippen molar-refractivity contribution < 1.29 is 17.9 Å². The summed E-state index contributed by atoms with van der Waals surface area (Å²) in [6, 6.07) is 8.52. The summed E-state index contributed by atoms with van der Waals surface area (Å²) < 4.78 is 37.9. The molecule has 4 rings (SSSR count). The van der Waals surface area contributed by atoms with Gasteiger partial charge in [-0.25, -0.2) is 8.42 Å². The van der Waals surface area contributed by atoms with Crippen LogP contribution < -0.4 is 14.5 Å². The lowest BCUT2D eigenvalue weighted by molar-refractivity contribution is 0.122. The van der Waals surface area contributed by atoms with Crippen LogP contribution in [0.25, 0.3) is 0 Å². The molecule has 2 aliphatic heterocycles. The number of methoxy groups -OCH3 is 1. The van der Waals surface area contributed by atoms with E-state index in [1.807, 2.05) is 6.07 Å². The minimum atomic E-state index is -3.52. The SMILES string of the molecule is COc1ccc(S(=O)(=O)N2CCN(c3cnnc(N4CCOCC4)c3)CC2)cc1. The van der Waals surface area contributed by atoms with E-state index in [1.165, 1.54) is 4.31 Å². The number of morpholine rings is 1. The summed E-state index contributed by atoms with van der Waals surface area (Å²) in [4.78, 5) is 4.59. The van der Waals surface area contributed by atoms with Crippen LogP contribution in [0, 0.1) is 0 Å². The Hall–Kier alpha value is -2.43. The second kappa shape index (κ2) is 8.52. The largest absolute Gasteiger partial charge is 0.497 e. The maximum absolute atomic E-state index is 12.9. The summed E-state index contributed by atoms with van der Waals surface area (Å²) in [6.45, 7) is 5.01. The highest BCUT2D eigenvalue weighted by molar-refractivity contribution is 7.89. The van der Waals surface area contributed by atoms with Gasteiger partial charge in [-0.3, -0.25) is 0 Å². The van der Waals surface area contributed by atoms with Crippen LogP contribution >= 0.6 is 0 Å². The molecule has 29 heavy (non-hydrogen) atoms.